The number of nitrogens with zero attached hydrogens (tertiary/aromatic N) is 2. The van der Waals surface area contributed by atoms with E-state index in [1.54, 1.807) is 0 Å². The Morgan fingerprint density at radius 1 is 1.47 bits per heavy atom. The summed E-state index contributed by atoms with van der Waals surface area (Å²) in [5.41, 5.74) is 0.117. The van der Waals surface area contributed by atoms with E-state index in [4.69, 9.17) is 0 Å². The molecular weight excluding hydrogens is 218 g/mol. The van der Waals surface area contributed by atoms with Gasteiger partial charge in [-0.05, 0) is 18.4 Å². The van der Waals surface area contributed by atoms with Crippen molar-refractivity contribution in [3.63, 3.8) is 0 Å². The molecule has 5 heteroatoms. The van der Waals surface area contributed by atoms with E-state index in [-0.39, 0.29) is 11.5 Å². The molecule has 0 aliphatic rings. The number of rotatable bonds is 5. The number of hydrogen-bond acceptors (Lipinski definition) is 3. The van der Waals surface area contributed by atoms with Gasteiger partial charge in [0.25, 0.3) is 11.5 Å². The highest BCUT2D eigenvalue weighted by atomic mass is 16.2. The standard InChI is InChI=1S/C12H19N3O2/c1-4-7-15-11(16)6-5-10(14-15)12(17)13-8-9(2)3/h5-6,9H,4,7-8H2,1-3H3,(H,13,17). The fourth-order valence-corrected chi connectivity index (χ4v) is 1.33. The third kappa shape index (κ3) is 4.01. The zero-order chi connectivity index (χ0) is 12.8. The molecule has 0 bridgehead atoms. The minimum absolute atomic E-state index is 0.174. The monoisotopic (exact) mass is 237 g/mol. The zero-order valence-corrected chi connectivity index (χ0v) is 10.6. The van der Waals surface area contributed by atoms with Crippen LogP contribution in [0.1, 0.15) is 37.7 Å². The molecule has 0 atom stereocenters. The van der Waals surface area contributed by atoms with Gasteiger partial charge in [0.2, 0.25) is 0 Å². The Labute approximate surface area is 101 Å². The fraction of sp³-hybridized carbons (Fsp3) is 0.583. The lowest BCUT2D eigenvalue weighted by Gasteiger charge is -2.08. The fourth-order valence-electron chi connectivity index (χ4n) is 1.33. The maximum Gasteiger partial charge on any atom is 0.271 e. The van der Waals surface area contributed by atoms with Gasteiger partial charge in [0.1, 0.15) is 5.69 Å². The first-order chi connectivity index (χ1) is 8.04. The highest BCUT2D eigenvalue weighted by molar-refractivity contribution is 5.91. The van der Waals surface area contributed by atoms with Crippen molar-refractivity contribution in [2.24, 2.45) is 5.92 Å². The van der Waals surface area contributed by atoms with Crippen LogP contribution < -0.4 is 10.9 Å². The molecule has 94 valence electrons. The molecule has 0 radical (unpaired) electrons. The Morgan fingerprint density at radius 2 is 2.18 bits per heavy atom. The van der Waals surface area contributed by atoms with Crippen molar-refractivity contribution >= 4 is 5.91 Å². The number of aromatic nitrogens is 2. The molecule has 0 aliphatic carbocycles. The lowest BCUT2D eigenvalue weighted by atomic mass is 10.2. The Hall–Kier alpha value is -1.65. The quantitative estimate of drug-likeness (QED) is 0.832. The lowest BCUT2D eigenvalue weighted by molar-refractivity contribution is 0.0941. The first-order valence-corrected chi connectivity index (χ1v) is 5.91. The van der Waals surface area contributed by atoms with E-state index in [1.165, 1.54) is 16.8 Å². The number of aryl methyl sites for hydroxylation is 1. The second kappa shape index (κ2) is 6.18. The molecule has 0 spiro atoms. The number of amides is 1. The summed E-state index contributed by atoms with van der Waals surface area (Å²) in [5.74, 6) is 0.157. The van der Waals surface area contributed by atoms with Gasteiger partial charge in [-0.2, -0.15) is 5.10 Å². The van der Waals surface area contributed by atoms with Crippen molar-refractivity contribution in [1.82, 2.24) is 15.1 Å². The van der Waals surface area contributed by atoms with E-state index in [0.29, 0.717) is 24.7 Å². The van der Waals surface area contributed by atoms with E-state index in [0.717, 1.165) is 6.42 Å². The highest BCUT2D eigenvalue weighted by Gasteiger charge is 2.09. The molecule has 1 aromatic rings. The zero-order valence-electron chi connectivity index (χ0n) is 10.6. The van der Waals surface area contributed by atoms with Crippen LogP contribution >= 0.6 is 0 Å². The maximum absolute atomic E-state index is 11.7. The lowest BCUT2D eigenvalue weighted by Crippen LogP contribution is -2.31. The summed E-state index contributed by atoms with van der Waals surface area (Å²) >= 11 is 0. The molecule has 0 saturated carbocycles. The summed E-state index contributed by atoms with van der Waals surface area (Å²) in [4.78, 5) is 23.1. The van der Waals surface area contributed by atoms with E-state index < -0.39 is 0 Å². The molecule has 0 fully saturated rings. The van der Waals surface area contributed by atoms with Crippen molar-refractivity contribution in [2.75, 3.05) is 6.54 Å². The first kappa shape index (κ1) is 13.4. The molecule has 1 N–H and O–H groups in total. The Morgan fingerprint density at radius 3 is 2.76 bits per heavy atom. The van der Waals surface area contributed by atoms with Gasteiger partial charge < -0.3 is 5.32 Å². The highest BCUT2D eigenvalue weighted by Crippen LogP contribution is 1.94. The third-order valence-electron chi connectivity index (χ3n) is 2.21. The Bertz CT molecular complexity index is 438. The number of nitrogens with one attached hydrogen (secondary N) is 1. The maximum atomic E-state index is 11.7. The Kier molecular flexibility index (Phi) is 4.87. The molecule has 1 amide bonds. The van der Waals surface area contributed by atoms with Crippen LogP contribution in [0.15, 0.2) is 16.9 Å². The van der Waals surface area contributed by atoms with Crippen molar-refractivity contribution in [1.29, 1.82) is 0 Å². The minimum Gasteiger partial charge on any atom is -0.350 e. The predicted octanol–water partition coefficient (Wildman–Crippen LogP) is 1.04. The molecule has 1 aromatic heterocycles. The van der Waals surface area contributed by atoms with Crippen molar-refractivity contribution < 1.29 is 4.79 Å². The number of carbonyl (C=O) groups excluding carboxylic acids is 1. The molecule has 0 aliphatic heterocycles. The summed E-state index contributed by atoms with van der Waals surface area (Å²) in [6.45, 7) is 7.13. The topological polar surface area (TPSA) is 64.0 Å². The van der Waals surface area contributed by atoms with Gasteiger partial charge in [0.05, 0.1) is 0 Å². The van der Waals surface area contributed by atoms with Gasteiger partial charge >= 0.3 is 0 Å². The largest absolute Gasteiger partial charge is 0.350 e. The second-order valence-corrected chi connectivity index (χ2v) is 4.38. The van der Waals surface area contributed by atoms with Crippen molar-refractivity contribution in [3.05, 3.63) is 28.2 Å². The summed E-state index contributed by atoms with van der Waals surface area (Å²) in [5, 5.41) is 6.80. The van der Waals surface area contributed by atoms with Gasteiger partial charge in [-0.25, -0.2) is 4.68 Å². The van der Waals surface area contributed by atoms with Crippen LogP contribution in [-0.2, 0) is 6.54 Å². The van der Waals surface area contributed by atoms with E-state index in [1.807, 2.05) is 20.8 Å². The van der Waals surface area contributed by atoms with Gasteiger partial charge in [-0.15, -0.1) is 0 Å². The van der Waals surface area contributed by atoms with Crippen LogP contribution in [-0.4, -0.2) is 22.2 Å². The SMILES string of the molecule is CCCn1nc(C(=O)NCC(C)C)ccc1=O. The molecule has 17 heavy (non-hydrogen) atoms. The van der Waals surface area contributed by atoms with Crippen LogP contribution in [0.5, 0.6) is 0 Å². The van der Waals surface area contributed by atoms with Crippen LogP contribution in [0.3, 0.4) is 0 Å². The van der Waals surface area contributed by atoms with Gasteiger partial charge in [-0.1, -0.05) is 20.8 Å². The first-order valence-electron chi connectivity index (χ1n) is 5.91. The van der Waals surface area contributed by atoms with Gasteiger partial charge in [0, 0.05) is 19.2 Å². The molecule has 0 aromatic carbocycles. The van der Waals surface area contributed by atoms with Gasteiger partial charge in [-0.3, -0.25) is 9.59 Å². The number of carbonyl (C=O) groups is 1. The van der Waals surface area contributed by atoms with Crippen molar-refractivity contribution in [3.8, 4) is 0 Å². The molecule has 5 nitrogen and oxygen atoms in total. The molecule has 1 rings (SSSR count). The Balaban J connectivity index is 2.80. The summed E-state index contributed by atoms with van der Waals surface area (Å²) in [6, 6.07) is 2.84. The average molecular weight is 237 g/mol. The normalized spacial score (nSPS) is 10.6. The summed E-state index contributed by atoms with van der Waals surface area (Å²) in [7, 11) is 0. The van der Waals surface area contributed by atoms with Crippen LogP contribution in [0.2, 0.25) is 0 Å². The smallest absolute Gasteiger partial charge is 0.271 e. The van der Waals surface area contributed by atoms with E-state index >= 15 is 0 Å². The molecular formula is C12H19N3O2. The van der Waals surface area contributed by atoms with Crippen LogP contribution in [0, 0.1) is 5.92 Å². The van der Waals surface area contributed by atoms with Gasteiger partial charge in [0.15, 0.2) is 0 Å². The molecule has 0 saturated heterocycles. The van der Waals surface area contributed by atoms with E-state index in [9.17, 15) is 9.59 Å². The minimum atomic E-state index is -0.233. The third-order valence-corrected chi connectivity index (χ3v) is 2.21. The van der Waals surface area contributed by atoms with Crippen LogP contribution in [0.25, 0.3) is 0 Å². The van der Waals surface area contributed by atoms with Crippen LogP contribution in [0.4, 0.5) is 0 Å². The summed E-state index contributed by atoms with van der Waals surface area (Å²) in [6.07, 6.45) is 0.809. The van der Waals surface area contributed by atoms with E-state index in [2.05, 4.69) is 10.4 Å². The summed E-state index contributed by atoms with van der Waals surface area (Å²) < 4.78 is 1.32. The average Bonchev–Trinajstić information content (AvgIpc) is 2.29. The predicted molar refractivity (Wildman–Crippen MR) is 66.0 cm³/mol. The number of hydrogen-bond donors (Lipinski definition) is 1. The molecule has 0 unspecified atom stereocenters. The van der Waals surface area contributed by atoms with Crippen molar-refractivity contribution in [2.45, 2.75) is 33.7 Å². The second-order valence-electron chi connectivity index (χ2n) is 4.38. The molecule has 1 heterocycles.